The zero-order chi connectivity index (χ0) is 15.4. The fourth-order valence-electron chi connectivity index (χ4n) is 1.92. The van der Waals surface area contributed by atoms with Gasteiger partial charge in [0.1, 0.15) is 23.0 Å². The molecule has 0 amide bonds. The van der Waals surface area contributed by atoms with Crippen LogP contribution in [-0.2, 0) is 0 Å². The van der Waals surface area contributed by atoms with E-state index in [0.717, 1.165) is 32.1 Å². The molecule has 110 valence electrons. The standard InChI is InChI=1S/C18H14INO2/c1-13-9-10-20-12-18(13)22-17-11-15(7-8-16(17)19)21-14-5-3-2-4-6-14/h2-12H,1H3. The van der Waals surface area contributed by atoms with Gasteiger partial charge in [0.05, 0.1) is 9.77 Å². The molecule has 0 aliphatic carbocycles. The van der Waals surface area contributed by atoms with Gasteiger partial charge < -0.3 is 9.47 Å². The third-order valence-electron chi connectivity index (χ3n) is 3.09. The van der Waals surface area contributed by atoms with Crippen molar-refractivity contribution in [3.05, 3.63) is 76.1 Å². The quantitative estimate of drug-likeness (QED) is 0.533. The Kier molecular flexibility index (Phi) is 4.58. The summed E-state index contributed by atoms with van der Waals surface area (Å²) in [5.41, 5.74) is 1.04. The van der Waals surface area contributed by atoms with Gasteiger partial charge in [0.2, 0.25) is 0 Å². The van der Waals surface area contributed by atoms with Crippen molar-refractivity contribution in [1.29, 1.82) is 0 Å². The van der Waals surface area contributed by atoms with Crippen LogP contribution in [0.1, 0.15) is 5.56 Å². The lowest BCUT2D eigenvalue weighted by Gasteiger charge is -2.12. The number of nitrogens with zero attached hydrogens (tertiary/aromatic N) is 1. The number of hydrogen-bond donors (Lipinski definition) is 0. The van der Waals surface area contributed by atoms with Gasteiger partial charge in [0.25, 0.3) is 0 Å². The third-order valence-corrected chi connectivity index (χ3v) is 3.98. The number of benzene rings is 2. The molecule has 4 heteroatoms. The molecule has 3 rings (SSSR count). The molecule has 0 saturated carbocycles. The van der Waals surface area contributed by atoms with Crippen LogP contribution in [0.3, 0.4) is 0 Å². The number of halogens is 1. The first kappa shape index (κ1) is 14.8. The van der Waals surface area contributed by atoms with Gasteiger partial charge in [-0.2, -0.15) is 0 Å². The van der Waals surface area contributed by atoms with E-state index in [4.69, 9.17) is 9.47 Å². The number of para-hydroxylation sites is 1. The molecule has 3 nitrogen and oxygen atoms in total. The topological polar surface area (TPSA) is 31.4 Å². The molecule has 0 spiro atoms. The maximum Gasteiger partial charge on any atom is 0.148 e. The molecule has 0 unspecified atom stereocenters. The van der Waals surface area contributed by atoms with Crippen LogP contribution in [0.25, 0.3) is 0 Å². The number of hydrogen-bond acceptors (Lipinski definition) is 3. The summed E-state index contributed by atoms with van der Waals surface area (Å²) in [4.78, 5) is 4.10. The van der Waals surface area contributed by atoms with E-state index in [2.05, 4.69) is 27.6 Å². The summed E-state index contributed by atoms with van der Waals surface area (Å²) in [6.07, 6.45) is 3.47. The Hall–Kier alpha value is -2.08. The zero-order valence-electron chi connectivity index (χ0n) is 12.0. The molecule has 0 atom stereocenters. The first-order valence-corrected chi connectivity index (χ1v) is 7.91. The first-order chi connectivity index (χ1) is 10.7. The van der Waals surface area contributed by atoms with E-state index >= 15 is 0 Å². The van der Waals surface area contributed by atoms with Crippen LogP contribution < -0.4 is 9.47 Å². The maximum atomic E-state index is 5.97. The summed E-state index contributed by atoms with van der Waals surface area (Å²) in [6.45, 7) is 1.99. The SMILES string of the molecule is Cc1ccncc1Oc1cc(Oc2ccccc2)ccc1I. The minimum Gasteiger partial charge on any atom is -0.457 e. The third kappa shape index (κ3) is 3.57. The van der Waals surface area contributed by atoms with Crippen molar-refractivity contribution in [2.24, 2.45) is 0 Å². The van der Waals surface area contributed by atoms with Crippen LogP contribution in [-0.4, -0.2) is 4.98 Å². The van der Waals surface area contributed by atoms with Crippen molar-refractivity contribution in [3.63, 3.8) is 0 Å². The van der Waals surface area contributed by atoms with Crippen molar-refractivity contribution in [1.82, 2.24) is 4.98 Å². The molecular formula is C18H14INO2. The Morgan fingerprint density at radius 3 is 2.45 bits per heavy atom. The van der Waals surface area contributed by atoms with Crippen LogP contribution in [0.4, 0.5) is 0 Å². The van der Waals surface area contributed by atoms with E-state index in [-0.39, 0.29) is 0 Å². The number of ether oxygens (including phenoxy) is 2. The molecule has 0 saturated heterocycles. The lowest BCUT2D eigenvalue weighted by Crippen LogP contribution is -1.92. The normalized spacial score (nSPS) is 10.3. The number of aromatic nitrogens is 1. The van der Waals surface area contributed by atoms with E-state index in [0.29, 0.717) is 0 Å². The summed E-state index contributed by atoms with van der Waals surface area (Å²) in [7, 11) is 0. The molecule has 0 N–H and O–H groups in total. The van der Waals surface area contributed by atoms with Crippen LogP contribution in [0.2, 0.25) is 0 Å². The average molecular weight is 403 g/mol. The van der Waals surface area contributed by atoms with Crippen molar-refractivity contribution in [3.8, 4) is 23.0 Å². The predicted octanol–water partition coefficient (Wildman–Crippen LogP) is 5.58. The van der Waals surface area contributed by atoms with Gasteiger partial charge >= 0.3 is 0 Å². The van der Waals surface area contributed by atoms with Gasteiger partial charge in [0.15, 0.2) is 0 Å². The second-order valence-corrected chi connectivity index (χ2v) is 5.91. The highest BCUT2D eigenvalue weighted by Crippen LogP contribution is 2.33. The van der Waals surface area contributed by atoms with Crippen LogP contribution >= 0.6 is 22.6 Å². The highest BCUT2D eigenvalue weighted by molar-refractivity contribution is 14.1. The van der Waals surface area contributed by atoms with Gasteiger partial charge in [-0.3, -0.25) is 4.98 Å². The van der Waals surface area contributed by atoms with Crippen molar-refractivity contribution in [2.45, 2.75) is 6.92 Å². The van der Waals surface area contributed by atoms with E-state index in [1.807, 2.05) is 61.5 Å². The van der Waals surface area contributed by atoms with Gasteiger partial charge in [-0.1, -0.05) is 18.2 Å². The summed E-state index contributed by atoms with van der Waals surface area (Å²) < 4.78 is 12.8. The van der Waals surface area contributed by atoms with Gasteiger partial charge in [0, 0.05) is 12.3 Å². The van der Waals surface area contributed by atoms with E-state index < -0.39 is 0 Å². The summed E-state index contributed by atoms with van der Waals surface area (Å²) >= 11 is 2.25. The fourth-order valence-corrected chi connectivity index (χ4v) is 2.37. The number of rotatable bonds is 4. The predicted molar refractivity (Wildman–Crippen MR) is 94.7 cm³/mol. The maximum absolute atomic E-state index is 5.97. The Morgan fingerprint density at radius 2 is 1.68 bits per heavy atom. The van der Waals surface area contributed by atoms with Gasteiger partial charge in [-0.25, -0.2) is 0 Å². The monoisotopic (exact) mass is 403 g/mol. The second kappa shape index (κ2) is 6.79. The highest BCUT2D eigenvalue weighted by atomic mass is 127. The smallest absolute Gasteiger partial charge is 0.148 e. The molecule has 0 aliphatic rings. The van der Waals surface area contributed by atoms with Crippen LogP contribution in [0.15, 0.2) is 67.0 Å². The number of pyridine rings is 1. The lowest BCUT2D eigenvalue weighted by molar-refractivity contribution is 0.455. The Labute approximate surface area is 143 Å². The number of aryl methyl sites for hydroxylation is 1. The average Bonchev–Trinajstić information content (AvgIpc) is 2.54. The molecule has 1 aromatic heterocycles. The summed E-state index contributed by atoms with van der Waals surface area (Å²) in [5, 5.41) is 0. The highest BCUT2D eigenvalue weighted by Gasteiger charge is 2.08. The molecule has 0 fully saturated rings. The molecule has 22 heavy (non-hydrogen) atoms. The minimum atomic E-state index is 0.739. The zero-order valence-corrected chi connectivity index (χ0v) is 14.2. The molecule has 0 bridgehead atoms. The van der Waals surface area contributed by atoms with Gasteiger partial charge in [-0.15, -0.1) is 0 Å². The Balaban J connectivity index is 1.86. The van der Waals surface area contributed by atoms with Gasteiger partial charge in [-0.05, 0) is 65.4 Å². The first-order valence-electron chi connectivity index (χ1n) is 6.83. The second-order valence-electron chi connectivity index (χ2n) is 4.75. The fraction of sp³-hybridized carbons (Fsp3) is 0.0556. The molecule has 0 radical (unpaired) electrons. The molecule has 0 aliphatic heterocycles. The summed E-state index contributed by atoms with van der Waals surface area (Å²) in [5.74, 6) is 3.04. The lowest BCUT2D eigenvalue weighted by atomic mass is 10.3. The van der Waals surface area contributed by atoms with E-state index in [1.165, 1.54) is 0 Å². The molecular weight excluding hydrogens is 389 g/mol. The van der Waals surface area contributed by atoms with Crippen molar-refractivity contribution in [2.75, 3.05) is 0 Å². The van der Waals surface area contributed by atoms with Crippen LogP contribution in [0.5, 0.6) is 23.0 Å². The molecule has 3 aromatic rings. The minimum absolute atomic E-state index is 0.739. The molecule has 2 aromatic carbocycles. The molecule has 1 heterocycles. The Morgan fingerprint density at radius 1 is 0.864 bits per heavy atom. The van der Waals surface area contributed by atoms with E-state index in [1.54, 1.807) is 12.4 Å². The largest absolute Gasteiger partial charge is 0.457 e. The summed E-state index contributed by atoms with van der Waals surface area (Å²) in [6, 6.07) is 17.4. The van der Waals surface area contributed by atoms with E-state index in [9.17, 15) is 0 Å². The van der Waals surface area contributed by atoms with Crippen molar-refractivity contribution >= 4 is 22.6 Å². The Bertz CT molecular complexity index is 775. The van der Waals surface area contributed by atoms with Crippen LogP contribution in [0, 0.1) is 10.5 Å². The van der Waals surface area contributed by atoms with Crippen molar-refractivity contribution < 1.29 is 9.47 Å².